The van der Waals surface area contributed by atoms with Gasteiger partial charge in [0.05, 0.1) is 5.56 Å². The number of hydrogen-bond acceptors (Lipinski definition) is 3. The number of nitrogens with one attached hydrogen (secondary N) is 1. The third-order valence-corrected chi connectivity index (χ3v) is 1.51. The molecule has 1 rings (SSSR count). The standard InChI is InChI=1S/C8H7F3N2O2/c9-8(10,11)15-5-3-1-2-4(6(5)14)7(12)13/h1-3,14H,(H3,12,13). The Balaban J connectivity index is 3.10. The van der Waals surface area contributed by atoms with E-state index in [1.54, 1.807) is 0 Å². The number of rotatable bonds is 2. The number of phenols is 1. The number of benzene rings is 1. The fraction of sp³-hybridized carbons (Fsp3) is 0.125. The average molecular weight is 220 g/mol. The predicted octanol–water partition coefficient (Wildman–Crippen LogP) is 1.57. The van der Waals surface area contributed by atoms with Crippen LogP contribution in [0.3, 0.4) is 0 Å². The van der Waals surface area contributed by atoms with Crippen molar-refractivity contribution < 1.29 is 23.0 Å². The number of para-hydroxylation sites is 1. The summed E-state index contributed by atoms with van der Waals surface area (Å²) in [5.74, 6) is -2.13. The van der Waals surface area contributed by atoms with E-state index in [0.717, 1.165) is 6.07 Å². The molecule has 0 saturated carbocycles. The third kappa shape index (κ3) is 2.76. The van der Waals surface area contributed by atoms with Gasteiger partial charge in [0, 0.05) is 0 Å². The lowest BCUT2D eigenvalue weighted by Crippen LogP contribution is -2.18. The second kappa shape index (κ2) is 3.68. The van der Waals surface area contributed by atoms with Gasteiger partial charge in [-0.1, -0.05) is 6.07 Å². The molecule has 0 saturated heterocycles. The van der Waals surface area contributed by atoms with Crippen LogP contribution in [-0.4, -0.2) is 17.3 Å². The van der Waals surface area contributed by atoms with Gasteiger partial charge in [-0.2, -0.15) is 0 Å². The van der Waals surface area contributed by atoms with Gasteiger partial charge in [-0.25, -0.2) is 0 Å². The first-order valence-electron chi connectivity index (χ1n) is 3.73. The summed E-state index contributed by atoms with van der Waals surface area (Å²) in [6, 6.07) is 3.33. The minimum Gasteiger partial charge on any atom is -0.504 e. The highest BCUT2D eigenvalue weighted by Crippen LogP contribution is 2.33. The van der Waals surface area contributed by atoms with Crippen LogP contribution in [0.2, 0.25) is 0 Å². The summed E-state index contributed by atoms with van der Waals surface area (Å²) in [4.78, 5) is 0. The zero-order chi connectivity index (χ0) is 11.6. The van der Waals surface area contributed by atoms with Crippen molar-refractivity contribution in [3.8, 4) is 11.5 Å². The molecular formula is C8H7F3N2O2. The molecular weight excluding hydrogens is 213 g/mol. The molecule has 0 fully saturated rings. The van der Waals surface area contributed by atoms with Crippen molar-refractivity contribution in [1.29, 1.82) is 5.41 Å². The largest absolute Gasteiger partial charge is 0.573 e. The highest BCUT2D eigenvalue weighted by molar-refractivity contribution is 5.98. The number of ether oxygens (including phenoxy) is 1. The van der Waals surface area contributed by atoms with Crippen molar-refractivity contribution in [1.82, 2.24) is 0 Å². The molecule has 1 aromatic carbocycles. The highest BCUT2D eigenvalue weighted by Gasteiger charge is 2.32. The molecule has 0 aliphatic rings. The Morgan fingerprint density at radius 3 is 2.47 bits per heavy atom. The predicted molar refractivity (Wildman–Crippen MR) is 45.8 cm³/mol. The smallest absolute Gasteiger partial charge is 0.504 e. The number of hydrogen-bond donors (Lipinski definition) is 3. The molecule has 0 amide bonds. The van der Waals surface area contributed by atoms with Crippen LogP contribution in [0.25, 0.3) is 0 Å². The van der Waals surface area contributed by atoms with Gasteiger partial charge in [0.1, 0.15) is 5.84 Å². The van der Waals surface area contributed by atoms with E-state index < -0.39 is 23.7 Å². The maximum Gasteiger partial charge on any atom is 0.573 e. The fourth-order valence-corrected chi connectivity index (χ4v) is 0.947. The number of nitrogen functional groups attached to an aromatic ring is 1. The molecule has 1 aromatic rings. The van der Waals surface area contributed by atoms with Crippen LogP contribution in [0.5, 0.6) is 11.5 Å². The maximum atomic E-state index is 11.8. The van der Waals surface area contributed by atoms with Gasteiger partial charge in [0.2, 0.25) is 0 Å². The van der Waals surface area contributed by atoms with Crippen LogP contribution < -0.4 is 10.5 Å². The summed E-state index contributed by atoms with van der Waals surface area (Å²) >= 11 is 0. The molecule has 7 heteroatoms. The van der Waals surface area contributed by atoms with Crippen molar-refractivity contribution in [3.63, 3.8) is 0 Å². The normalized spacial score (nSPS) is 11.1. The molecule has 0 atom stereocenters. The van der Waals surface area contributed by atoms with Crippen molar-refractivity contribution >= 4 is 5.84 Å². The summed E-state index contributed by atoms with van der Waals surface area (Å²) in [6.45, 7) is 0. The topological polar surface area (TPSA) is 79.3 Å². The van der Waals surface area contributed by atoms with Crippen LogP contribution in [0.15, 0.2) is 18.2 Å². The van der Waals surface area contributed by atoms with Crippen molar-refractivity contribution in [2.75, 3.05) is 0 Å². The van der Waals surface area contributed by atoms with Crippen LogP contribution in [0, 0.1) is 5.41 Å². The highest BCUT2D eigenvalue weighted by atomic mass is 19.4. The van der Waals surface area contributed by atoms with Crippen LogP contribution in [0.4, 0.5) is 13.2 Å². The lowest BCUT2D eigenvalue weighted by molar-refractivity contribution is -0.275. The van der Waals surface area contributed by atoms with E-state index in [1.807, 2.05) is 0 Å². The summed E-state index contributed by atoms with van der Waals surface area (Å²) in [7, 11) is 0. The van der Waals surface area contributed by atoms with E-state index in [4.69, 9.17) is 11.1 Å². The van der Waals surface area contributed by atoms with Gasteiger partial charge in [-0.15, -0.1) is 13.2 Å². The average Bonchev–Trinajstić information content (AvgIpc) is 2.05. The fourth-order valence-electron chi connectivity index (χ4n) is 0.947. The molecule has 4 N–H and O–H groups in total. The minimum atomic E-state index is -4.90. The van der Waals surface area contributed by atoms with E-state index in [2.05, 4.69) is 4.74 Å². The maximum absolute atomic E-state index is 11.8. The van der Waals surface area contributed by atoms with Gasteiger partial charge in [-0.05, 0) is 12.1 Å². The van der Waals surface area contributed by atoms with E-state index >= 15 is 0 Å². The van der Waals surface area contributed by atoms with Gasteiger partial charge in [-0.3, -0.25) is 5.41 Å². The Bertz CT molecular complexity index is 390. The van der Waals surface area contributed by atoms with Crippen molar-refractivity contribution in [3.05, 3.63) is 23.8 Å². The SMILES string of the molecule is N=C(N)c1cccc(OC(F)(F)F)c1O. The van der Waals surface area contributed by atoms with Crippen LogP contribution in [-0.2, 0) is 0 Å². The summed E-state index contributed by atoms with van der Waals surface area (Å²) in [6.07, 6.45) is -4.90. The molecule has 0 heterocycles. The molecule has 0 radical (unpaired) electrons. The van der Waals surface area contributed by atoms with Gasteiger partial charge in [0.25, 0.3) is 0 Å². The van der Waals surface area contributed by atoms with E-state index in [-0.39, 0.29) is 5.56 Å². The monoisotopic (exact) mass is 220 g/mol. The molecule has 0 bridgehead atoms. The Kier molecular flexibility index (Phi) is 2.74. The van der Waals surface area contributed by atoms with Crippen molar-refractivity contribution in [2.45, 2.75) is 6.36 Å². The lowest BCUT2D eigenvalue weighted by atomic mass is 10.2. The molecule has 0 unspecified atom stereocenters. The molecule has 0 aliphatic heterocycles. The molecule has 82 valence electrons. The Morgan fingerprint density at radius 1 is 1.40 bits per heavy atom. The number of phenolic OH excluding ortho intramolecular Hbond substituents is 1. The first-order chi connectivity index (χ1) is 6.81. The third-order valence-electron chi connectivity index (χ3n) is 1.51. The molecule has 0 aliphatic carbocycles. The molecule has 0 spiro atoms. The summed E-state index contributed by atoms with van der Waals surface area (Å²) in [5, 5.41) is 16.3. The van der Waals surface area contributed by atoms with E-state index in [1.165, 1.54) is 12.1 Å². The van der Waals surface area contributed by atoms with E-state index in [9.17, 15) is 18.3 Å². The summed E-state index contributed by atoms with van der Waals surface area (Å²) in [5.41, 5.74) is 4.82. The lowest BCUT2D eigenvalue weighted by Gasteiger charge is -2.11. The number of nitrogens with two attached hydrogens (primary N) is 1. The second-order valence-electron chi connectivity index (χ2n) is 2.61. The van der Waals surface area contributed by atoms with E-state index in [0.29, 0.717) is 0 Å². The number of amidine groups is 1. The van der Waals surface area contributed by atoms with Gasteiger partial charge >= 0.3 is 6.36 Å². The molecule has 15 heavy (non-hydrogen) atoms. The summed E-state index contributed by atoms with van der Waals surface area (Å²) < 4.78 is 39.0. The molecule has 4 nitrogen and oxygen atoms in total. The minimum absolute atomic E-state index is 0.211. The van der Waals surface area contributed by atoms with Crippen LogP contribution >= 0.6 is 0 Å². The zero-order valence-corrected chi connectivity index (χ0v) is 7.30. The Hall–Kier alpha value is -1.92. The van der Waals surface area contributed by atoms with Crippen LogP contribution in [0.1, 0.15) is 5.56 Å². The Morgan fingerprint density at radius 2 is 2.00 bits per heavy atom. The second-order valence-corrected chi connectivity index (χ2v) is 2.61. The number of aromatic hydroxyl groups is 1. The van der Waals surface area contributed by atoms with Crippen molar-refractivity contribution in [2.24, 2.45) is 5.73 Å². The quantitative estimate of drug-likeness (QED) is 0.522. The number of halogens is 3. The molecule has 0 aromatic heterocycles. The first kappa shape index (κ1) is 11.2. The Labute approximate surface area is 82.6 Å². The number of alkyl halides is 3. The zero-order valence-electron chi connectivity index (χ0n) is 7.30. The van der Waals surface area contributed by atoms with Gasteiger partial charge in [0.15, 0.2) is 11.5 Å². The first-order valence-corrected chi connectivity index (χ1v) is 3.73. The van der Waals surface area contributed by atoms with Gasteiger partial charge < -0.3 is 15.6 Å².